The topological polar surface area (TPSA) is 86.7 Å². The highest BCUT2D eigenvalue weighted by atomic mass is 32.2. The van der Waals surface area contributed by atoms with Crippen LogP contribution < -0.4 is 0 Å². The monoisotopic (exact) mass is 426 g/mol. The van der Waals surface area contributed by atoms with Crippen molar-refractivity contribution in [2.75, 3.05) is 6.61 Å². The molecule has 0 aliphatic heterocycles. The molecule has 0 aliphatic rings. The maximum absolute atomic E-state index is 12.2. The third-order valence-corrected chi connectivity index (χ3v) is 6.91. The molecule has 0 saturated carbocycles. The van der Waals surface area contributed by atoms with Gasteiger partial charge in [0.25, 0.3) is 20.2 Å². The molecule has 0 amide bonds. The highest BCUT2D eigenvalue weighted by molar-refractivity contribution is 7.87. The first-order valence-corrected chi connectivity index (χ1v) is 11.9. The highest BCUT2D eigenvalue weighted by Crippen LogP contribution is 2.18. The van der Waals surface area contributed by atoms with Crippen LogP contribution in [0.25, 0.3) is 0 Å². The van der Waals surface area contributed by atoms with Gasteiger partial charge >= 0.3 is 0 Å². The Bertz CT molecular complexity index is 962. The smallest absolute Gasteiger partial charge is 0.266 e. The molecule has 2 rings (SSSR count). The number of benzene rings is 2. The van der Waals surface area contributed by atoms with E-state index in [1.807, 2.05) is 13.8 Å². The van der Waals surface area contributed by atoms with Crippen LogP contribution in [0, 0.1) is 13.8 Å². The summed E-state index contributed by atoms with van der Waals surface area (Å²) in [5.41, 5.74) is 1.93. The van der Waals surface area contributed by atoms with Gasteiger partial charge in [-0.25, -0.2) is 0 Å². The Morgan fingerprint density at radius 3 is 1.71 bits per heavy atom. The Hall–Kier alpha value is -1.74. The van der Waals surface area contributed by atoms with E-state index in [2.05, 4.69) is 0 Å². The van der Waals surface area contributed by atoms with Gasteiger partial charge in [0, 0.05) is 0 Å². The van der Waals surface area contributed by atoms with Gasteiger partial charge in [-0.15, -0.1) is 0 Å². The second-order valence-corrected chi connectivity index (χ2v) is 9.95. The molecule has 0 bridgehead atoms. The van der Waals surface area contributed by atoms with E-state index in [4.69, 9.17) is 8.37 Å². The molecular formula is C20H26O6S2. The molecule has 1 atom stereocenters. The van der Waals surface area contributed by atoms with Gasteiger partial charge in [-0.3, -0.25) is 8.37 Å². The lowest BCUT2D eigenvalue weighted by atomic mass is 10.2. The molecule has 154 valence electrons. The first-order valence-electron chi connectivity index (χ1n) is 9.06. The van der Waals surface area contributed by atoms with Gasteiger partial charge in [0.1, 0.15) is 0 Å². The first kappa shape index (κ1) is 22.5. The van der Waals surface area contributed by atoms with Gasteiger partial charge in [-0.2, -0.15) is 16.8 Å². The van der Waals surface area contributed by atoms with Gasteiger partial charge < -0.3 is 0 Å². The van der Waals surface area contributed by atoms with Crippen molar-refractivity contribution < 1.29 is 25.2 Å². The van der Waals surface area contributed by atoms with E-state index in [0.29, 0.717) is 19.3 Å². The third kappa shape index (κ3) is 6.70. The van der Waals surface area contributed by atoms with Crippen molar-refractivity contribution in [1.82, 2.24) is 0 Å². The molecule has 6 nitrogen and oxygen atoms in total. The van der Waals surface area contributed by atoms with Gasteiger partial charge in [-0.05, 0) is 64.3 Å². The van der Waals surface area contributed by atoms with E-state index in [1.165, 1.54) is 24.3 Å². The van der Waals surface area contributed by atoms with E-state index in [9.17, 15) is 16.8 Å². The van der Waals surface area contributed by atoms with Crippen LogP contribution in [0.15, 0.2) is 58.3 Å². The third-order valence-electron chi connectivity index (χ3n) is 4.15. The van der Waals surface area contributed by atoms with Crippen molar-refractivity contribution in [1.29, 1.82) is 0 Å². The number of hydrogen-bond acceptors (Lipinski definition) is 6. The second-order valence-electron chi connectivity index (χ2n) is 6.76. The van der Waals surface area contributed by atoms with Crippen LogP contribution in [0.2, 0.25) is 0 Å². The van der Waals surface area contributed by atoms with Gasteiger partial charge in [0.05, 0.1) is 22.5 Å². The van der Waals surface area contributed by atoms with E-state index >= 15 is 0 Å². The summed E-state index contributed by atoms with van der Waals surface area (Å²) in [6.45, 7) is 5.46. The zero-order valence-electron chi connectivity index (χ0n) is 16.3. The average molecular weight is 427 g/mol. The normalized spacial score (nSPS) is 13.4. The quantitative estimate of drug-likeness (QED) is 0.422. The molecule has 0 aliphatic carbocycles. The highest BCUT2D eigenvalue weighted by Gasteiger charge is 2.19. The molecule has 1 unspecified atom stereocenters. The fourth-order valence-corrected chi connectivity index (χ4v) is 4.55. The fraction of sp³-hybridized carbons (Fsp3) is 0.400. The van der Waals surface area contributed by atoms with Crippen molar-refractivity contribution in [3.63, 3.8) is 0 Å². The Labute approximate surface area is 167 Å². The molecule has 0 radical (unpaired) electrons. The van der Waals surface area contributed by atoms with Crippen LogP contribution in [-0.4, -0.2) is 29.5 Å². The predicted molar refractivity (Wildman–Crippen MR) is 107 cm³/mol. The zero-order valence-corrected chi connectivity index (χ0v) is 17.9. The van der Waals surface area contributed by atoms with Crippen LogP contribution in [0.1, 0.15) is 37.3 Å². The van der Waals surface area contributed by atoms with Crippen LogP contribution in [-0.2, 0) is 28.6 Å². The van der Waals surface area contributed by atoms with Crippen LogP contribution in [0.4, 0.5) is 0 Å². The van der Waals surface area contributed by atoms with Crippen LogP contribution in [0.5, 0.6) is 0 Å². The van der Waals surface area contributed by atoms with Crippen molar-refractivity contribution >= 4 is 20.2 Å². The summed E-state index contributed by atoms with van der Waals surface area (Å²) in [5.74, 6) is 0. The predicted octanol–water partition coefficient (Wildman–Crippen LogP) is 3.97. The molecule has 8 heteroatoms. The lowest BCUT2D eigenvalue weighted by Crippen LogP contribution is -2.16. The summed E-state index contributed by atoms with van der Waals surface area (Å²) in [4.78, 5) is 0.247. The Morgan fingerprint density at radius 1 is 0.750 bits per heavy atom. The summed E-state index contributed by atoms with van der Waals surface area (Å²) >= 11 is 0. The molecule has 2 aromatic carbocycles. The molecule has 2 aromatic rings. The lowest BCUT2D eigenvalue weighted by Gasteiger charge is -2.13. The van der Waals surface area contributed by atoms with E-state index in [0.717, 1.165) is 11.1 Å². The standard InChI is InChI=1S/C20H26O6S2/c1-16-7-11-19(12-8-16)27(21,22)25-15-5-4-6-18(3)26-28(23,24)20-13-9-17(2)10-14-20/h7-14,18H,4-6,15H2,1-3H3. The number of aryl methyl sites for hydroxylation is 2. The van der Waals surface area contributed by atoms with Gasteiger partial charge in [0.2, 0.25) is 0 Å². The van der Waals surface area contributed by atoms with Crippen LogP contribution >= 0.6 is 0 Å². The summed E-state index contributed by atoms with van der Waals surface area (Å²) in [6, 6.07) is 12.9. The first-order chi connectivity index (χ1) is 13.1. The molecule has 0 heterocycles. The molecular weight excluding hydrogens is 400 g/mol. The van der Waals surface area contributed by atoms with Crippen LogP contribution in [0.3, 0.4) is 0 Å². The summed E-state index contributed by atoms with van der Waals surface area (Å²) < 4.78 is 58.9. The largest absolute Gasteiger partial charge is 0.297 e. The van der Waals surface area contributed by atoms with E-state index in [1.54, 1.807) is 31.2 Å². The minimum atomic E-state index is -3.81. The Morgan fingerprint density at radius 2 is 1.21 bits per heavy atom. The maximum atomic E-state index is 12.2. The second kappa shape index (κ2) is 9.65. The van der Waals surface area contributed by atoms with Gasteiger partial charge in [0.15, 0.2) is 0 Å². The van der Waals surface area contributed by atoms with Crippen molar-refractivity contribution in [3.8, 4) is 0 Å². The summed E-state index contributed by atoms with van der Waals surface area (Å²) in [6.07, 6.45) is 1.01. The number of unbranched alkanes of at least 4 members (excludes halogenated alkanes) is 1. The molecule has 0 fully saturated rings. The molecule has 0 saturated heterocycles. The Kier molecular flexibility index (Phi) is 7.77. The van der Waals surface area contributed by atoms with Gasteiger partial charge in [-0.1, -0.05) is 35.4 Å². The molecule has 0 aromatic heterocycles. The average Bonchev–Trinajstić information content (AvgIpc) is 2.61. The minimum Gasteiger partial charge on any atom is -0.266 e. The lowest BCUT2D eigenvalue weighted by molar-refractivity contribution is 0.209. The molecule has 28 heavy (non-hydrogen) atoms. The van der Waals surface area contributed by atoms with Crippen molar-refractivity contribution in [2.45, 2.75) is 55.9 Å². The summed E-state index contributed by atoms with van der Waals surface area (Å²) in [5, 5.41) is 0. The maximum Gasteiger partial charge on any atom is 0.297 e. The van der Waals surface area contributed by atoms with E-state index in [-0.39, 0.29) is 16.4 Å². The van der Waals surface area contributed by atoms with Crippen molar-refractivity contribution in [3.05, 3.63) is 59.7 Å². The number of hydrogen-bond donors (Lipinski definition) is 0. The van der Waals surface area contributed by atoms with E-state index < -0.39 is 26.3 Å². The molecule has 0 spiro atoms. The zero-order chi connectivity index (χ0) is 20.8. The SMILES string of the molecule is Cc1ccc(S(=O)(=O)OCCCCC(C)OS(=O)(=O)c2ccc(C)cc2)cc1. The molecule has 0 N–H and O–H groups in total. The summed E-state index contributed by atoms with van der Waals surface area (Å²) in [7, 11) is -7.58. The minimum absolute atomic E-state index is 0.0354. The number of rotatable bonds is 10. The Balaban J connectivity index is 1.75. The fourth-order valence-electron chi connectivity index (χ4n) is 2.50. The van der Waals surface area contributed by atoms with Crippen molar-refractivity contribution in [2.24, 2.45) is 0 Å².